The number of aliphatic hydroxyl groups excluding tert-OH is 1. The fourth-order valence-electron chi connectivity index (χ4n) is 4.61. The number of carbonyl (C=O) groups excluding carboxylic acids is 1. The minimum Gasteiger partial charge on any atom is -0.493 e. The van der Waals surface area contributed by atoms with E-state index in [1.165, 1.54) is 0 Å². The first-order valence-electron chi connectivity index (χ1n) is 10.1. The molecule has 2 aromatic carbocycles. The van der Waals surface area contributed by atoms with E-state index in [4.69, 9.17) is 4.74 Å². The molecule has 5 heteroatoms. The molecule has 0 bridgehead atoms. The van der Waals surface area contributed by atoms with Crippen LogP contribution in [0.1, 0.15) is 35.7 Å². The molecule has 0 saturated carbocycles. The SMILES string of the molecule is CCN(CC)c1ccc(C(=O)N2C[C@@H]3c4ccccc4OC[C@]3(CO)C2)cc1. The number of hydrogen-bond acceptors (Lipinski definition) is 4. The van der Waals surface area contributed by atoms with E-state index in [-0.39, 0.29) is 18.4 Å². The van der Waals surface area contributed by atoms with Crippen LogP contribution < -0.4 is 9.64 Å². The van der Waals surface area contributed by atoms with Crippen LogP contribution in [0.4, 0.5) is 5.69 Å². The molecule has 0 spiro atoms. The van der Waals surface area contributed by atoms with Crippen LogP contribution in [-0.2, 0) is 0 Å². The van der Waals surface area contributed by atoms with Crippen LogP contribution in [0.15, 0.2) is 48.5 Å². The number of rotatable bonds is 5. The van der Waals surface area contributed by atoms with Crippen molar-refractivity contribution in [3.05, 3.63) is 59.7 Å². The summed E-state index contributed by atoms with van der Waals surface area (Å²) in [5.41, 5.74) is 2.49. The van der Waals surface area contributed by atoms with E-state index in [1.54, 1.807) is 0 Å². The molecule has 2 aliphatic rings. The van der Waals surface area contributed by atoms with E-state index >= 15 is 0 Å². The van der Waals surface area contributed by atoms with Crippen molar-refractivity contribution in [1.29, 1.82) is 0 Å². The lowest BCUT2D eigenvalue weighted by molar-refractivity contribution is 0.0440. The zero-order valence-electron chi connectivity index (χ0n) is 16.6. The molecule has 0 aliphatic carbocycles. The molecule has 4 rings (SSSR count). The number of likely N-dealkylation sites (tertiary alicyclic amines) is 1. The van der Waals surface area contributed by atoms with Gasteiger partial charge in [-0.1, -0.05) is 18.2 Å². The Bertz CT molecular complexity index is 847. The van der Waals surface area contributed by atoms with E-state index in [0.717, 1.165) is 30.1 Å². The maximum absolute atomic E-state index is 13.2. The molecule has 28 heavy (non-hydrogen) atoms. The van der Waals surface area contributed by atoms with Crippen molar-refractivity contribution in [2.45, 2.75) is 19.8 Å². The van der Waals surface area contributed by atoms with Gasteiger partial charge in [0, 0.05) is 43.3 Å². The number of ether oxygens (including phenoxy) is 1. The van der Waals surface area contributed by atoms with Gasteiger partial charge in [0.15, 0.2) is 0 Å². The average molecular weight is 380 g/mol. The predicted molar refractivity (Wildman–Crippen MR) is 110 cm³/mol. The Morgan fingerprint density at radius 2 is 1.89 bits per heavy atom. The van der Waals surface area contributed by atoms with Gasteiger partial charge in [0.1, 0.15) is 5.75 Å². The maximum Gasteiger partial charge on any atom is 0.253 e. The summed E-state index contributed by atoms with van der Waals surface area (Å²) in [6.07, 6.45) is 0. The van der Waals surface area contributed by atoms with E-state index in [0.29, 0.717) is 25.3 Å². The van der Waals surface area contributed by atoms with E-state index in [9.17, 15) is 9.90 Å². The maximum atomic E-state index is 13.2. The number of hydrogen-bond donors (Lipinski definition) is 1. The molecule has 0 radical (unpaired) electrons. The summed E-state index contributed by atoms with van der Waals surface area (Å²) < 4.78 is 5.93. The zero-order chi connectivity index (χ0) is 19.7. The fourth-order valence-corrected chi connectivity index (χ4v) is 4.61. The van der Waals surface area contributed by atoms with Gasteiger partial charge in [-0.15, -0.1) is 0 Å². The molecule has 2 aliphatic heterocycles. The second-order valence-corrected chi connectivity index (χ2v) is 7.80. The van der Waals surface area contributed by atoms with Crippen LogP contribution in [0.5, 0.6) is 5.75 Å². The van der Waals surface area contributed by atoms with Gasteiger partial charge >= 0.3 is 0 Å². The lowest BCUT2D eigenvalue weighted by atomic mass is 9.74. The topological polar surface area (TPSA) is 53.0 Å². The third-order valence-corrected chi connectivity index (χ3v) is 6.30. The molecular formula is C23H28N2O3. The summed E-state index contributed by atoms with van der Waals surface area (Å²) in [5, 5.41) is 10.2. The molecule has 2 atom stereocenters. The number of nitrogens with zero attached hydrogens (tertiary/aromatic N) is 2. The summed E-state index contributed by atoms with van der Waals surface area (Å²) in [4.78, 5) is 17.3. The number of carbonyl (C=O) groups is 1. The van der Waals surface area contributed by atoms with Crippen LogP contribution >= 0.6 is 0 Å². The average Bonchev–Trinajstić information content (AvgIpc) is 3.15. The van der Waals surface area contributed by atoms with E-state index < -0.39 is 5.41 Å². The molecule has 1 fully saturated rings. The molecule has 1 saturated heterocycles. The highest BCUT2D eigenvalue weighted by atomic mass is 16.5. The Morgan fingerprint density at radius 1 is 1.18 bits per heavy atom. The Hall–Kier alpha value is -2.53. The second kappa shape index (κ2) is 7.47. The smallest absolute Gasteiger partial charge is 0.253 e. The van der Waals surface area contributed by atoms with Crippen molar-refractivity contribution in [2.24, 2.45) is 5.41 Å². The van der Waals surface area contributed by atoms with Gasteiger partial charge in [-0.05, 0) is 49.7 Å². The van der Waals surface area contributed by atoms with Gasteiger partial charge in [-0.2, -0.15) is 0 Å². The Labute approximate surface area is 166 Å². The Kier molecular flexibility index (Phi) is 5.02. The first kappa shape index (κ1) is 18.8. The molecule has 2 aromatic rings. The third-order valence-electron chi connectivity index (χ3n) is 6.30. The van der Waals surface area contributed by atoms with Gasteiger partial charge in [0.2, 0.25) is 0 Å². The lowest BCUT2D eigenvalue weighted by Crippen LogP contribution is -2.42. The quantitative estimate of drug-likeness (QED) is 0.866. The normalized spacial score (nSPS) is 23.0. The number of amides is 1. The Balaban J connectivity index is 1.57. The van der Waals surface area contributed by atoms with E-state index in [2.05, 4.69) is 24.8 Å². The summed E-state index contributed by atoms with van der Waals surface area (Å²) in [6.45, 7) is 7.71. The molecule has 0 unspecified atom stereocenters. The Morgan fingerprint density at radius 3 is 2.57 bits per heavy atom. The minimum atomic E-state index is -0.425. The number of aliphatic hydroxyl groups is 1. The van der Waals surface area contributed by atoms with Gasteiger partial charge < -0.3 is 19.6 Å². The first-order chi connectivity index (χ1) is 13.6. The van der Waals surface area contributed by atoms with Crippen molar-refractivity contribution in [3.63, 3.8) is 0 Å². The molecule has 2 heterocycles. The molecule has 0 aromatic heterocycles. The highest BCUT2D eigenvalue weighted by molar-refractivity contribution is 5.95. The standard InChI is InChI=1S/C23H28N2O3/c1-3-24(4-2)18-11-9-17(10-12-18)22(27)25-13-20-19-7-5-6-8-21(19)28-16-23(20,14-25)15-26/h5-12,20,26H,3-4,13-16H2,1-2H3/t20-,23-/m1/s1. The minimum absolute atomic E-state index is 0.0106. The highest BCUT2D eigenvalue weighted by Crippen LogP contribution is 2.49. The molecule has 1 N–H and O–H groups in total. The number of fused-ring (bicyclic) bond motifs is 3. The van der Waals surface area contributed by atoms with Crippen LogP contribution in [0.25, 0.3) is 0 Å². The van der Waals surface area contributed by atoms with Crippen molar-refractivity contribution in [3.8, 4) is 5.75 Å². The van der Waals surface area contributed by atoms with Crippen LogP contribution in [0, 0.1) is 5.41 Å². The fraction of sp³-hybridized carbons (Fsp3) is 0.435. The van der Waals surface area contributed by atoms with Crippen LogP contribution in [-0.4, -0.2) is 55.3 Å². The lowest BCUT2D eigenvalue weighted by Gasteiger charge is -2.37. The monoisotopic (exact) mass is 380 g/mol. The largest absolute Gasteiger partial charge is 0.493 e. The molecule has 1 amide bonds. The molecular weight excluding hydrogens is 352 g/mol. The third kappa shape index (κ3) is 3.04. The van der Waals surface area contributed by atoms with Gasteiger partial charge in [0.25, 0.3) is 5.91 Å². The number of para-hydroxylation sites is 1. The van der Waals surface area contributed by atoms with Crippen molar-refractivity contribution in [2.75, 3.05) is 44.3 Å². The highest BCUT2D eigenvalue weighted by Gasteiger charge is 2.52. The van der Waals surface area contributed by atoms with Gasteiger partial charge in [0.05, 0.1) is 18.6 Å². The van der Waals surface area contributed by atoms with E-state index in [1.807, 2.05) is 47.4 Å². The van der Waals surface area contributed by atoms with Crippen LogP contribution in [0.2, 0.25) is 0 Å². The predicted octanol–water partition coefficient (Wildman–Crippen LogP) is 3.14. The summed E-state index contributed by atoms with van der Waals surface area (Å²) >= 11 is 0. The number of benzene rings is 2. The van der Waals surface area contributed by atoms with Gasteiger partial charge in [-0.3, -0.25) is 4.79 Å². The van der Waals surface area contributed by atoms with Crippen molar-refractivity contribution in [1.82, 2.24) is 4.90 Å². The van der Waals surface area contributed by atoms with Crippen LogP contribution in [0.3, 0.4) is 0 Å². The van der Waals surface area contributed by atoms with Crippen molar-refractivity contribution < 1.29 is 14.6 Å². The summed E-state index contributed by atoms with van der Waals surface area (Å²) in [5.74, 6) is 0.988. The zero-order valence-corrected chi connectivity index (χ0v) is 16.6. The molecule has 5 nitrogen and oxygen atoms in total. The second-order valence-electron chi connectivity index (χ2n) is 7.80. The molecule has 148 valence electrons. The van der Waals surface area contributed by atoms with Crippen molar-refractivity contribution >= 4 is 11.6 Å². The first-order valence-corrected chi connectivity index (χ1v) is 10.1. The van der Waals surface area contributed by atoms with Gasteiger partial charge in [-0.25, -0.2) is 0 Å². The number of anilines is 1. The summed E-state index contributed by atoms with van der Waals surface area (Å²) in [6, 6.07) is 15.8. The summed E-state index contributed by atoms with van der Waals surface area (Å²) in [7, 11) is 0.